The van der Waals surface area contributed by atoms with Crippen molar-refractivity contribution in [3.8, 4) is 0 Å². The minimum Gasteiger partial charge on any atom is -0.467 e. The van der Waals surface area contributed by atoms with Gasteiger partial charge in [0.15, 0.2) is 9.84 Å². The Morgan fingerprint density at radius 1 is 1.33 bits per heavy atom. The van der Waals surface area contributed by atoms with Crippen LogP contribution in [-0.4, -0.2) is 51.9 Å². The highest BCUT2D eigenvalue weighted by Crippen LogP contribution is 2.14. The molecule has 1 heterocycles. The van der Waals surface area contributed by atoms with Gasteiger partial charge in [-0.05, 0) is 31.4 Å². The lowest BCUT2D eigenvalue weighted by molar-refractivity contribution is -0.146. The molecule has 1 fully saturated rings. The van der Waals surface area contributed by atoms with E-state index in [2.05, 4.69) is 10.1 Å². The Bertz CT molecular complexity index is 667. The molecule has 0 spiro atoms. The largest absolute Gasteiger partial charge is 0.467 e. The van der Waals surface area contributed by atoms with Crippen LogP contribution in [0.5, 0.6) is 0 Å². The van der Waals surface area contributed by atoms with Crippen molar-refractivity contribution in [2.75, 3.05) is 19.5 Å². The van der Waals surface area contributed by atoms with Crippen LogP contribution in [0.4, 0.5) is 0 Å². The van der Waals surface area contributed by atoms with Crippen LogP contribution in [0, 0.1) is 0 Å². The Morgan fingerprint density at radius 2 is 2.04 bits per heavy atom. The van der Waals surface area contributed by atoms with Gasteiger partial charge in [-0.2, -0.15) is 0 Å². The monoisotopic (exact) mass is 355 g/mol. The van der Waals surface area contributed by atoms with Crippen molar-refractivity contribution in [2.24, 2.45) is 0 Å². The Kier molecular flexibility index (Phi) is 6.33. The number of carbonyl (C=O) groups is 2. The summed E-state index contributed by atoms with van der Waals surface area (Å²) in [5.41, 5.74) is 0. The van der Waals surface area contributed by atoms with E-state index in [0.717, 1.165) is 6.42 Å². The van der Waals surface area contributed by atoms with E-state index < -0.39 is 33.9 Å². The van der Waals surface area contributed by atoms with Gasteiger partial charge in [0.05, 0.1) is 17.8 Å². The molecule has 8 heteroatoms. The predicted molar refractivity (Wildman–Crippen MR) is 86.0 cm³/mol. The summed E-state index contributed by atoms with van der Waals surface area (Å²) in [5, 5.41) is 2.53. The molecule has 2 atom stereocenters. The van der Waals surface area contributed by atoms with Crippen LogP contribution < -0.4 is 5.32 Å². The second kappa shape index (κ2) is 8.25. The first-order valence-corrected chi connectivity index (χ1v) is 9.37. The molecule has 0 bridgehead atoms. The number of rotatable bonds is 7. The van der Waals surface area contributed by atoms with E-state index in [4.69, 9.17) is 4.74 Å². The van der Waals surface area contributed by atoms with E-state index in [1.807, 2.05) is 0 Å². The van der Waals surface area contributed by atoms with E-state index in [1.165, 1.54) is 19.2 Å². The summed E-state index contributed by atoms with van der Waals surface area (Å²) in [7, 11) is -2.35. The van der Waals surface area contributed by atoms with Gasteiger partial charge in [0, 0.05) is 6.61 Å². The SMILES string of the molecule is COC(=O)[C@H](CCS(=O)(=O)c1ccccc1)NC(=O)[C@H]1CCCO1. The van der Waals surface area contributed by atoms with E-state index in [1.54, 1.807) is 18.2 Å². The van der Waals surface area contributed by atoms with Crippen molar-refractivity contribution in [1.29, 1.82) is 0 Å². The fourth-order valence-electron chi connectivity index (χ4n) is 2.46. The molecule has 1 aromatic rings. The van der Waals surface area contributed by atoms with Crippen LogP contribution in [0.1, 0.15) is 19.3 Å². The van der Waals surface area contributed by atoms with Gasteiger partial charge in [0.25, 0.3) is 0 Å². The molecule has 24 heavy (non-hydrogen) atoms. The average Bonchev–Trinajstić information content (AvgIpc) is 3.13. The van der Waals surface area contributed by atoms with Crippen molar-refractivity contribution in [3.63, 3.8) is 0 Å². The molecule has 2 rings (SSSR count). The summed E-state index contributed by atoms with van der Waals surface area (Å²) in [4.78, 5) is 24.1. The summed E-state index contributed by atoms with van der Waals surface area (Å²) in [5.74, 6) is -1.37. The Hall–Kier alpha value is -1.93. The lowest BCUT2D eigenvalue weighted by Gasteiger charge is -2.18. The number of amides is 1. The number of carbonyl (C=O) groups excluding carboxylic acids is 2. The number of sulfone groups is 1. The molecule has 0 radical (unpaired) electrons. The number of nitrogens with one attached hydrogen (secondary N) is 1. The summed E-state index contributed by atoms with van der Waals surface area (Å²) >= 11 is 0. The molecule has 7 nitrogen and oxygen atoms in total. The third kappa shape index (κ3) is 4.78. The van der Waals surface area contributed by atoms with E-state index in [-0.39, 0.29) is 17.1 Å². The van der Waals surface area contributed by atoms with Crippen molar-refractivity contribution in [2.45, 2.75) is 36.3 Å². The third-order valence-corrected chi connectivity index (χ3v) is 5.57. The van der Waals surface area contributed by atoms with Gasteiger partial charge in [-0.1, -0.05) is 18.2 Å². The number of esters is 1. The summed E-state index contributed by atoms with van der Waals surface area (Å²) in [6.07, 6.45) is 0.705. The van der Waals surface area contributed by atoms with Crippen LogP contribution >= 0.6 is 0 Å². The Labute approximate surface area is 141 Å². The maximum absolute atomic E-state index is 12.3. The maximum Gasteiger partial charge on any atom is 0.328 e. The molecule has 1 aliphatic heterocycles. The molecule has 1 N–H and O–H groups in total. The highest BCUT2D eigenvalue weighted by Gasteiger charge is 2.30. The van der Waals surface area contributed by atoms with E-state index in [9.17, 15) is 18.0 Å². The van der Waals surface area contributed by atoms with Crippen molar-refractivity contribution < 1.29 is 27.5 Å². The van der Waals surface area contributed by atoms with Crippen molar-refractivity contribution in [1.82, 2.24) is 5.32 Å². The van der Waals surface area contributed by atoms with Gasteiger partial charge in [0.2, 0.25) is 5.91 Å². The molecular weight excluding hydrogens is 334 g/mol. The average molecular weight is 355 g/mol. The number of benzene rings is 1. The van der Waals surface area contributed by atoms with Gasteiger partial charge in [-0.3, -0.25) is 4.79 Å². The van der Waals surface area contributed by atoms with Gasteiger partial charge < -0.3 is 14.8 Å². The number of methoxy groups -OCH3 is 1. The summed E-state index contributed by atoms with van der Waals surface area (Å²) < 4.78 is 34.5. The molecule has 1 saturated heterocycles. The second-order valence-corrected chi connectivity index (χ2v) is 7.62. The van der Waals surface area contributed by atoms with Crippen molar-refractivity contribution in [3.05, 3.63) is 30.3 Å². The van der Waals surface area contributed by atoms with E-state index >= 15 is 0 Å². The summed E-state index contributed by atoms with van der Waals surface area (Å²) in [6.45, 7) is 0.503. The highest BCUT2D eigenvalue weighted by molar-refractivity contribution is 7.91. The number of hydrogen-bond acceptors (Lipinski definition) is 6. The molecule has 0 aromatic heterocycles. The second-order valence-electron chi connectivity index (χ2n) is 5.51. The lowest BCUT2D eigenvalue weighted by Crippen LogP contribution is -2.46. The molecule has 0 saturated carbocycles. The molecule has 1 amide bonds. The van der Waals surface area contributed by atoms with Gasteiger partial charge in [-0.15, -0.1) is 0 Å². The Balaban J connectivity index is 2.01. The third-order valence-electron chi connectivity index (χ3n) is 3.80. The molecular formula is C16H21NO6S. The van der Waals surface area contributed by atoms with Gasteiger partial charge in [0.1, 0.15) is 12.1 Å². The van der Waals surface area contributed by atoms with Crippen LogP contribution in [0.25, 0.3) is 0 Å². The number of ether oxygens (including phenoxy) is 2. The zero-order valence-electron chi connectivity index (χ0n) is 13.4. The topological polar surface area (TPSA) is 98.8 Å². The fourth-order valence-corrected chi connectivity index (χ4v) is 3.81. The van der Waals surface area contributed by atoms with Crippen molar-refractivity contribution >= 4 is 21.7 Å². The zero-order valence-corrected chi connectivity index (χ0v) is 14.3. The number of hydrogen-bond donors (Lipinski definition) is 1. The highest BCUT2D eigenvalue weighted by atomic mass is 32.2. The predicted octanol–water partition coefficient (Wildman–Crippen LogP) is 0.687. The normalized spacial score (nSPS) is 18.8. The molecule has 132 valence electrons. The van der Waals surface area contributed by atoms with Crippen LogP contribution in [0.15, 0.2) is 35.2 Å². The van der Waals surface area contributed by atoms with Crippen LogP contribution in [0.2, 0.25) is 0 Å². The molecule has 1 aromatic carbocycles. The molecule has 1 aliphatic rings. The first-order valence-electron chi connectivity index (χ1n) is 7.71. The van der Waals surface area contributed by atoms with Gasteiger partial charge >= 0.3 is 5.97 Å². The molecule has 0 unspecified atom stereocenters. The maximum atomic E-state index is 12.3. The smallest absolute Gasteiger partial charge is 0.328 e. The summed E-state index contributed by atoms with van der Waals surface area (Å²) in [6, 6.07) is 6.94. The fraction of sp³-hybridized carbons (Fsp3) is 0.500. The first kappa shape index (κ1) is 18.4. The minimum absolute atomic E-state index is 0.0671. The van der Waals surface area contributed by atoms with Gasteiger partial charge in [-0.25, -0.2) is 13.2 Å². The standard InChI is InChI=1S/C16H21NO6S/c1-22-16(19)13(17-15(18)14-8-5-10-23-14)9-11-24(20,21)12-6-3-2-4-7-12/h2-4,6-7,13-14H,5,8-11H2,1H3,(H,17,18)/t13-,14+/m0/s1. The minimum atomic E-state index is -3.54. The molecule has 0 aliphatic carbocycles. The van der Waals surface area contributed by atoms with E-state index in [0.29, 0.717) is 13.0 Å². The first-order chi connectivity index (χ1) is 11.4. The Morgan fingerprint density at radius 3 is 2.62 bits per heavy atom. The van der Waals surface area contributed by atoms with Crippen LogP contribution in [-0.2, 0) is 28.9 Å². The van der Waals surface area contributed by atoms with Crippen LogP contribution in [0.3, 0.4) is 0 Å². The quantitative estimate of drug-likeness (QED) is 0.723. The zero-order chi connectivity index (χ0) is 17.6. The lowest BCUT2D eigenvalue weighted by atomic mass is 10.2.